The Labute approximate surface area is 65.0 Å². The number of hydrogen-bond donors (Lipinski definition) is 0. The minimum atomic E-state index is 0.480. The second-order valence-electron chi connectivity index (χ2n) is 2.15. The molecule has 0 aromatic carbocycles. The van der Waals surface area contributed by atoms with Crippen LogP contribution < -0.4 is 0 Å². The van der Waals surface area contributed by atoms with E-state index in [1.165, 1.54) is 0 Å². The van der Waals surface area contributed by atoms with E-state index in [4.69, 9.17) is 11.6 Å². The summed E-state index contributed by atoms with van der Waals surface area (Å²) in [4.78, 5) is 0. The predicted molar refractivity (Wildman–Crippen MR) is 39.9 cm³/mol. The van der Waals surface area contributed by atoms with Crippen LogP contribution in [0.25, 0.3) is 0 Å². The van der Waals surface area contributed by atoms with E-state index in [1.807, 2.05) is 4.57 Å². The third-order valence-electron chi connectivity index (χ3n) is 1.32. The Morgan fingerprint density at radius 1 is 1.70 bits per heavy atom. The Morgan fingerprint density at radius 3 is 3.00 bits per heavy atom. The highest BCUT2D eigenvalue weighted by Crippen LogP contribution is 2.03. The molecule has 0 saturated heterocycles. The van der Waals surface area contributed by atoms with Crippen molar-refractivity contribution in [3.63, 3.8) is 0 Å². The summed E-state index contributed by atoms with van der Waals surface area (Å²) in [5, 5.41) is 7.78. The second kappa shape index (κ2) is 3.56. The molecule has 0 spiro atoms. The fourth-order valence-electron chi connectivity index (χ4n) is 0.719. The molecule has 0 saturated carbocycles. The van der Waals surface area contributed by atoms with Crippen molar-refractivity contribution in [2.24, 2.45) is 0 Å². The lowest BCUT2D eigenvalue weighted by atomic mass is 10.3. The van der Waals surface area contributed by atoms with Crippen LogP contribution in [0.2, 0.25) is 5.28 Å². The highest BCUT2D eigenvalue weighted by atomic mass is 35.5. The summed E-state index contributed by atoms with van der Waals surface area (Å²) >= 11 is 5.66. The van der Waals surface area contributed by atoms with Gasteiger partial charge in [-0.3, -0.25) is 0 Å². The quantitative estimate of drug-likeness (QED) is 0.673. The monoisotopic (exact) mass is 159 g/mol. The number of rotatable bonds is 3. The van der Waals surface area contributed by atoms with Gasteiger partial charge in [0.15, 0.2) is 0 Å². The molecule has 0 bridgehead atoms. The van der Waals surface area contributed by atoms with Gasteiger partial charge < -0.3 is 4.57 Å². The largest absolute Gasteiger partial charge is 0.304 e. The van der Waals surface area contributed by atoms with E-state index in [0.29, 0.717) is 5.28 Å². The number of unbranched alkanes of at least 4 members (excludes halogenated alkanes) is 1. The fraction of sp³-hybridized carbons (Fsp3) is 0.667. The minimum Gasteiger partial charge on any atom is -0.304 e. The van der Waals surface area contributed by atoms with Crippen LogP contribution in [-0.4, -0.2) is 14.8 Å². The summed E-state index contributed by atoms with van der Waals surface area (Å²) < 4.78 is 1.84. The smallest absolute Gasteiger partial charge is 0.224 e. The van der Waals surface area contributed by atoms with Gasteiger partial charge in [-0.15, -0.1) is 10.2 Å². The molecule has 1 heterocycles. The predicted octanol–water partition coefficient (Wildman–Crippen LogP) is 1.73. The zero-order chi connectivity index (χ0) is 7.40. The highest BCUT2D eigenvalue weighted by Gasteiger charge is 1.96. The molecule has 3 nitrogen and oxygen atoms in total. The van der Waals surface area contributed by atoms with Gasteiger partial charge in [0.1, 0.15) is 6.33 Å². The van der Waals surface area contributed by atoms with Gasteiger partial charge in [0.25, 0.3) is 0 Å². The molecule has 0 fully saturated rings. The van der Waals surface area contributed by atoms with Crippen molar-refractivity contribution in [3.05, 3.63) is 11.6 Å². The second-order valence-corrected chi connectivity index (χ2v) is 2.48. The van der Waals surface area contributed by atoms with Gasteiger partial charge in [0.05, 0.1) is 0 Å². The molecule has 56 valence electrons. The molecule has 0 unspecified atom stereocenters. The molecule has 0 aliphatic heterocycles. The minimum absolute atomic E-state index is 0.480. The molecule has 4 heteroatoms. The van der Waals surface area contributed by atoms with E-state index in [2.05, 4.69) is 17.1 Å². The van der Waals surface area contributed by atoms with E-state index in [-0.39, 0.29) is 0 Å². The lowest BCUT2D eigenvalue weighted by Gasteiger charge is -1.98. The summed E-state index contributed by atoms with van der Waals surface area (Å²) in [6.45, 7) is 3.06. The van der Waals surface area contributed by atoms with Crippen molar-refractivity contribution in [2.45, 2.75) is 26.3 Å². The average Bonchev–Trinajstić information content (AvgIpc) is 2.31. The van der Waals surface area contributed by atoms with E-state index in [0.717, 1.165) is 19.4 Å². The van der Waals surface area contributed by atoms with Gasteiger partial charge in [0.2, 0.25) is 5.28 Å². The van der Waals surface area contributed by atoms with Crippen molar-refractivity contribution in [2.75, 3.05) is 0 Å². The molecule has 0 aliphatic rings. The number of nitrogens with zero attached hydrogens (tertiary/aromatic N) is 3. The maximum Gasteiger partial charge on any atom is 0.224 e. The number of hydrogen-bond acceptors (Lipinski definition) is 2. The molecular weight excluding hydrogens is 150 g/mol. The van der Waals surface area contributed by atoms with E-state index >= 15 is 0 Å². The molecule has 1 aromatic heterocycles. The third-order valence-corrected chi connectivity index (χ3v) is 1.61. The molecule has 1 aromatic rings. The number of halogens is 1. The first-order valence-electron chi connectivity index (χ1n) is 3.38. The van der Waals surface area contributed by atoms with Crippen LogP contribution in [-0.2, 0) is 6.54 Å². The SMILES string of the molecule is CCCCn1cnnc1Cl. The zero-order valence-electron chi connectivity index (χ0n) is 5.92. The molecule has 0 amide bonds. The van der Waals surface area contributed by atoms with Gasteiger partial charge in [-0.25, -0.2) is 0 Å². The van der Waals surface area contributed by atoms with Crippen LogP contribution >= 0.6 is 11.6 Å². The Morgan fingerprint density at radius 2 is 2.50 bits per heavy atom. The molecule has 10 heavy (non-hydrogen) atoms. The Hall–Kier alpha value is -0.570. The molecule has 0 N–H and O–H groups in total. The lowest BCUT2D eigenvalue weighted by Crippen LogP contribution is -1.95. The van der Waals surface area contributed by atoms with Crippen molar-refractivity contribution in [1.29, 1.82) is 0 Å². The van der Waals surface area contributed by atoms with Crippen LogP contribution in [0.1, 0.15) is 19.8 Å². The fourth-order valence-corrected chi connectivity index (χ4v) is 0.891. The van der Waals surface area contributed by atoms with Crippen LogP contribution in [0, 0.1) is 0 Å². The maximum atomic E-state index is 5.66. The van der Waals surface area contributed by atoms with Gasteiger partial charge in [-0.2, -0.15) is 0 Å². The number of aromatic nitrogens is 3. The van der Waals surface area contributed by atoms with Gasteiger partial charge in [0, 0.05) is 6.54 Å². The first-order chi connectivity index (χ1) is 4.84. The lowest BCUT2D eigenvalue weighted by molar-refractivity contribution is 0.630. The summed E-state index contributed by atoms with van der Waals surface area (Å²) in [6, 6.07) is 0. The van der Waals surface area contributed by atoms with E-state index in [1.54, 1.807) is 6.33 Å². The topological polar surface area (TPSA) is 30.7 Å². The molecule has 1 rings (SSSR count). The molecule has 0 radical (unpaired) electrons. The molecule has 0 aliphatic carbocycles. The van der Waals surface area contributed by atoms with Gasteiger partial charge in [-0.1, -0.05) is 13.3 Å². The summed E-state index contributed by atoms with van der Waals surface area (Å²) in [7, 11) is 0. The average molecular weight is 160 g/mol. The highest BCUT2D eigenvalue weighted by molar-refractivity contribution is 6.28. The standard InChI is InChI=1S/C6H10ClN3/c1-2-3-4-10-5-8-9-6(10)7/h5H,2-4H2,1H3. The zero-order valence-corrected chi connectivity index (χ0v) is 6.67. The first-order valence-corrected chi connectivity index (χ1v) is 3.75. The summed E-state index contributed by atoms with van der Waals surface area (Å²) in [6.07, 6.45) is 3.93. The van der Waals surface area contributed by atoms with Crippen LogP contribution in [0.4, 0.5) is 0 Å². The Kier molecular flexibility index (Phi) is 2.68. The van der Waals surface area contributed by atoms with Gasteiger partial charge in [-0.05, 0) is 18.0 Å². The Balaban J connectivity index is 2.49. The van der Waals surface area contributed by atoms with Crippen molar-refractivity contribution < 1.29 is 0 Å². The normalized spacial score (nSPS) is 10.2. The van der Waals surface area contributed by atoms with Crippen molar-refractivity contribution >= 4 is 11.6 Å². The van der Waals surface area contributed by atoms with Gasteiger partial charge >= 0.3 is 0 Å². The van der Waals surface area contributed by atoms with E-state index in [9.17, 15) is 0 Å². The van der Waals surface area contributed by atoms with Crippen LogP contribution in [0.5, 0.6) is 0 Å². The first kappa shape index (κ1) is 7.54. The molecule has 0 atom stereocenters. The maximum absolute atomic E-state index is 5.66. The number of aryl methyl sites for hydroxylation is 1. The van der Waals surface area contributed by atoms with E-state index < -0.39 is 0 Å². The van der Waals surface area contributed by atoms with Crippen LogP contribution in [0.15, 0.2) is 6.33 Å². The van der Waals surface area contributed by atoms with Crippen molar-refractivity contribution in [1.82, 2.24) is 14.8 Å². The third kappa shape index (κ3) is 1.70. The Bertz CT molecular complexity index is 197. The summed E-state index contributed by atoms with van der Waals surface area (Å²) in [5.74, 6) is 0. The van der Waals surface area contributed by atoms with Crippen LogP contribution in [0.3, 0.4) is 0 Å². The summed E-state index contributed by atoms with van der Waals surface area (Å²) in [5.41, 5.74) is 0. The van der Waals surface area contributed by atoms with Crippen molar-refractivity contribution in [3.8, 4) is 0 Å². The molecular formula is C6H10ClN3.